The zero-order valence-electron chi connectivity index (χ0n) is 32.0. The number of urea groups is 1. The van der Waals surface area contributed by atoms with E-state index in [-0.39, 0.29) is 18.3 Å². The van der Waals surface area contributed by atoms with Gasteiger partial charge in [0, 0.05) is 26.2 Å². The normalized spacial score (nSPS) is 11.4. The molecule has 0 unspecified atom stereocenters. The topological polar surface area (TPSA) is 337 Å². The Morgan fingerprint density at radius 2 is 0.964 bits per heavy atom. The largest absolute Gasteiger partial charge is 0.481 e. The molecule has 21 nitrogen and oxygen atoms in total. The van der Waals surface area contributed by atoms with Crippen molar-refractivity contribution >= 4 is 51.7 Å². The number of nitrogens with one attached hydrogen (secondary N) is 1. The fraction of sp³-hybridized carbons (Fsp3) is 0.618. The number of amides is 2. The van der Waals surface area contributed by atoms with Crippen molar-refractivity contribution in [2.24, 2.45) is 0 Å². The third-order valence-electron chi connectivity index (χ3n) is 7.99. The number of nitrogens with zero attached hydrogens (tertiary/aromatic N) is 3. The van der Waals surface area contributed by atoms with Crippen LogP contribution in [0.1, 0.15) is 59.8 Å². The molecule has 22 heteroatoms. The first-order chi connectivity index (χ1) is 25.9. The van der Waals surface area contributed by atoms with Gasteiger partial charge in [0.25, 0.3) is 0 Å². The summed E-state index contributed by atoms with van der Waals surface area (Å²) in [5.74, 6) is -10.1. The molecule has 0 aliphatic carbocycles. The summed E-state index contributed by atoms with van der Waals surface area (Å²) in [6.45, 7) is 15.2. The molecule has 0 saturated heterocycles. The molecule has 0 heterocycles. The number of hydrogen-bond donors (Lipinski definition) is 9. The quantitative estimate of drug-likeness (QED) is 0.0629. The lowest BCUT2D eigenvalue weighted by atomic mass is 9.96. The van der Waals surface area contributed by atoms with Crippen molar-refractivity contribution in [3.05, 3.63) is 30.3 Å². The lowest BCUT2D eigenvalue weighted by Crippen LogP contribution is -2.45. The average molecular weight is 825 g/mol. The lowest BCUT2D eigenvalue weighted by Gasteiger charge is -2.26. The molecule has 0 fully saturated rings. The predicted molar refractivity (Wildman–Crippen MR) is 198 cm³/mol. The molecule has 9 N–H and O–H groups in total. The monoisotopic (exact) mass is 824 g/mol. The van der Waals surface area contributed by atoms with Gasteiger partial charge < -0.3 is 60.9 Å². The molecular weight excluding hydrogens is 768 g/mol. The first-order valence-corrected chi connectivity index (χ1v) is 19.1. The zero-order valence-corrected chi connectivity index (χ0v) is 32.8. The Morgan fingerprint density at radius 3 is 1.30 bits per heavy atom. The number of rotatable bonds is 25. The number of benzene rings is 1. The minimum atomic E-state index is -3.42. The van der Waals surface area contributed by atoms with Gasteiger partial charge in [0.05, 0.1) is 36.3 Å². The third kappa shape index (κ3) is 22.5. The van der Waals surface area contributed by atoms with E-state index in [4.69, 9.17) is 40.9 Å². The van der Waals surface area contributed by atoms with E-state index in [2.05, 4.69) is 42.8 Å². The smallest absolute Gasteiger partial charge is 0.336 e. The van der Waals surface area contributed by atoms with Gasteiger partial charge in [-0.1, -0.05) is 45.9 Å². The minimum absolute atomic E-state index is 0.0776. The highest BCUT2D eigenvalue weighted by Gasteiger charge is 2.41. The van der Waals surface area contributed by atoms with Gasteiger partial charge in [0.2, 0.25) is 0 Å². The van der Waals surface area contributed by atoms with Crippen molar-refractivity contribution in [3.8, 4) is 0 Å². The van der Waals surface area contributed by atoms with Crippen LogP contribution in [0.3, 0.4) is 0 Å². The Hall–Kier alpha value is -4.90. The summed E-state index contributed by atoms with van der Waals surface area (Å²) in [7, 11) is -3.42. The van der Waals surface area contributed by atoms with Gasteiger partial charge in [-0.2, -0.15) is 0 Å². The van der Waals surface area contributed by atoms with Crippen LogP contribution < -0.4 is 5.32 Å². The van der Waals surface area contributed by atoms with E-state index in [0.29, 0.717) is 18.0 Å². The summed E-state index contributed by atoms with van der Waals surface area (Å²) in [5.41, 5.74) is -5.48. The summed E-state index contributed by atoms with van der Waals surface area (Å²) < 4.78 is 25.3. The van der Waals surface area contributed by atoms with E-state index in [0.717, 1.165) is 45.7 Å². The second-order valence-electron chi connectivity index (χ2n) is 12.2. The minimum Gasteiger partial charge on any atom is -0.481 e. The van der Waals surface area contributed by atoms with Gasteiger partial charge in [0.1, 0.15) is 0 Å². The second-order valence-corrected chi connectivity index (χ2v) is 14.3. The Balaban J connectivity index is 0. The molecule has 0 aliphatic heterocycles. The highest BCUT2D eigenvalue weighted by molar-refractivity contribution is 7.91. The third-order valence-corrected chi connectivity index (χ3v) is 9.70. The van der Waals surface area contributed by atoms with E-state index in [1.807, 2.05) is 0 Å². The van der Waals surface area contributed by atoms with Crippen molar-refractivity contribution in [3.63, 3.8) is 0 Å². The molecule has 0 bridgehead atoms. The molecular formula is C34H56N4O17S. The Bertz CT molecular complexity index is 1430. The van der Waals surface area contributed by atoms with Crippen LogP contribution in [0.15, 0.2) is 35.2 Å². The number of aliphatic hydroxyl groups is 2. The zero-order chi connectivity index (χ0) is 43.7. The fourth-order valence-electron chi connectivity index (χ4n) is 4.72. The van der Waals surface area contributed by atoms with Crippen LogP contribution in [0.5, 0.6) is 0 Å². The van der Waals surface area contributed by atoms with Crippen LogP contribution in [-0.4, -0.2) is 182 Å². The maximum atomic E-state index is 12.8. The van der Waals surface area contributed by atoms with E-state index in [1.165, 1.54) is 0 Å². The molecule has 320 valence electrons. The SMILES string of the molecule is CCN(CC)CCCN(CCS(=O)(=O)c1ccccc1)C(=O)NCCN(CC)CC.O=C(O)CC(O)(CC(=O)O)C(=O)O.O=C(O)CC(O)(CC(=O)O)C(=O)O. The number of likely N-dealkylation sites (N-methyl/N-ethyl adjacent to an activating group) is 1. The number of carbonyl (C=O) groups excluding carboxylic acids is 1. The molecule has 0 aromatic heterocycles. The molecule has 0 radical (unpaired) electrons. The summed E-state index contributed by atoms with van der Waals surface area (Å²) in [5, 5.41) is 70.6. The summed E-state index contributed by atoms with van der Waals surface area (Å²) >= 11 is 0. The van der Waals surface area contributed by atoms with Gasteiger partial charge in [-0.3, -0.25) is 19.2 Å². The molecule has 56 heavy (non-hydrogen) atoms. The molecule has 0 spiro atoms. The fourth-order valence-corrected chi connectivity index (χ4v) is 5.98. The van der Waals surface area contributed by atoms with Gasteiger partial charge >= 0.3 is 41.8 Å². The van der Waals surface area contributed by atoms with Crippen LogP contribution in [0.25, 0.3) is 0 Å². The van der Waals surface area contributed by atoms with Crippen LogP contribution in [-0.2, 0) is 38.6 Å². The van der Waals surface area contributed by atoms with E-state index in [9.17, 15) is 42.0 Å². The van der Waals surface area contributed by atoms with Gasteiger partial charge in [0.15, 0.2) is 21.0 Å². The number of sulfone groups is 1. The molecule has 0 atom stereocenters. The maximum Gasteiger partial charge on any atom is 0.336 e. The maximum absolute atomic E-state index is 12.8. The van der Waals surface area contributed by atoms with Crippen molar-refractivity contribution in [2.45, 2.75) is 75.9 Å². The number of hydrogen-bond acceptors (Lipinski definition) is 13. The van der Waals surface area contributed by atoms with Gasteiger partial charge in [-0.05, 0) is 51.3 Å². The highest BCUT2D eigenvalue weighted by atomic mass is 32.2. The number of carboxylic acids is 6. The van der Waals surface area contributed by atoms with Crippen molar-refractivity contribution < 1.29 is 82.8 Å². The molecule has 2 amide bonds. The Kier molecular flexibility index (Phi) is 25.5. The second kappa shape index (κ2) is 26.8. The van der Waals surface area contributed by atoms with E-state index < -0.39 is 82.5 Å². The molecule has 1 aromatic carbocycles. The molecule has 0 saturated carbocycles. The molecule has 1 aromatic rings. The summed E-state index contributed by atoms with van der Waals surface area (Å²) in [4.78, 5) is 80.2. The van der Waals surface area contributed by atoms with E-state index in [1.54, 1.807) is 35.2 Å². The number of carboxylic acid groups (broad SMARTS) is 6. The van der Waals surface area contributed by atoms with Crippen LogP contribution in [0.2, 0.25) is 0 Å². The highest BCUT2D eigenvalue weighted by Crippen LogP contribution is 2.17. The first-order valence-electron chi connectivity index (χ1n) is 17.5. The number of carbonyl (C=O) groups is 7. The van der Waals surface area contributed by atoms with Crippen molar-refractivity contribution in [2.75, 3.05) is 64.7 Å². The van der Waals surface area contributed by atoms with Crippen LogP contribution in [0, 0.1) is 0 Å². The van der Waals surface area contributed by atoms with E-state index >= 15 is 0 Å². The van der Waals surface area contributed by atoms with Gasteiger partial charge in [-0.15, -0.1) is 0 Å². The predicted octanol–water partition coefficient (Wildman–Crippen LogP) is 0.0486. The van der Waals surface area contributed by atoms with Crippen LogP contribution in [0.4, 0.5) is 4.79 Å². The Morgan fingerprint density at radius 1 is 0.589 bits per heavy atom. The first kappa shape index (κ1) is 53.2. The summed E-state index contributed by atoms with van der Waals surface area (Å²) in [6.07, 6.45) is -3.76. The van der Waals surface area contributed by atoms with Crippen LogP contribution >= 0.6 is 0 Å². The standard InChI is InChI=1S/C22H40N4O3S.2C6H8O7/c1-5-24(6-2)16-12-17-26(22(27)23-15-18-25(7-3)8-4)19-20-30(28,29)21-13-10-9-11-14-21;2*7-3(8)1-6(13,5(11)12)2-4(9)10/h9-11,13-14H,5-8,12,15-20H2,1-4H3,(H,23,27);2*13H,1-2H2,(H,7,8)(H,9,10)(H,11,12). The van der Waals surface area contributed by atoms with Gasteiger partial charge in [-0.25, -0.2) is 22.8 Å². The van der Waals surface area contributed by atoms with Crippen molar-refractivity contribution in [1.82, 2.24) is 20.0 Å². The Labute approximate surface area is 325 Å². The lowest BCUT2D eigenvalue weighted by molar-refractivity contribution is -0.170. The summed E-state index contributed by atoms with van der Waals surface area (Å²) in [6, 6.07) is 8.24. The number of aliphatic carboxylic acids is 6. The van der Waals surface area contributed by atoms with Crippen molar-refractivity contribution in [1.29, 1.82) is 0 Å². The average Bonchev–Trinajstić information content (AvgIpc) is 3.09. The molecule has 1 rings (SSSR count). The molecule has 0 aliphatic rings.